The Morgan fingerprint density at radius 3 is 2.10 bits per heavy atom. The summed E-state index contributed by atoms with van der Waals surface area (Å²) in [5.41, 5.74) is 4.12. The summed E-state index contributed by atoms with van der Waals surface area (Å²) >= 11 is 12.0. The second kappa shape index (κ2) is 7.78. The molecule has 0 heterocycles. The lowest BCUT2D eigenvalue weighted by Crippen LogP contribution is -2.19. The molecule has 0 aromatic heterocycles. The van der Waals surface area contributed by atoms with E-state index in [1.807, 2.05) is 48.5 Å². The molecule has 3 aromatic rings. The van der Waals surface area contributed by atoms with Gasteiger partial charge in [0.2, 0.25) is 0 Å². The van der Waals surface area contributed by atoms with Crippen LogP contribution in [-0.2, 0) is 4.74 Å². The summed E-state index contributed by atoms with van der Waals surface area (Å²) in [6.45, 7) is 0.0977. The first kappa shape index (κ1) is 19.3. The number of anilines is 1. The normalized spacial score (nSPS) is 12.2. The van der Waals surface area contributed by atoms with Gasteiger partial charge in [0, 0.05) is 5.92 Å². The summed E-state index contributed by atoms with van der Waals surface area (Å²) in [7, 11) is 0. The number of carboxylic acid groups (broad SMARTS) is 1. The van der Waals surface area contributed by atoms with Crippen LogP contribution < -0.4 is 5.32 Å². The average molecular weight is 428 g/mol. The maximum Gasteiger partial charge on any atom is 0.411 e. The van der Waals surface area contributed by atoms with Crippen molar-refractivity contribution < 1.29 is 19.4 Å². The van der Waals surface area contributed by atoms with E-state index in [-0.39, 0.29) is 33.8 Å². The van der Waals surface area contributed by atoms with E-state index in [9.17, 15) is 14.7 Å². The standard InChI is InChI=1S/C22H15Cl2NO4/c23-18-10-9-16(21(26)27)20(19(18)24)25-22(28)29-11-17-14-7-3-1-5-12(14)13-6-2-4-8-15(13)17/h1-10,17H,11H2,(H,25,28)(H,26,27). The molecule has 5 nitrogen and oxygen atoms in total. The second-order valence-corrected chi connectivity index (χ2v) is 7.32. The first-order chi connectivity index (χ1) is 14.0. The highest BCUT2D eigenvalue weighted by Crippen LogP contribution is 2.44. The van der Waals surface area contributed by atoms with E-state index in [4.69, 9.17) is 27.9 Å². The number of hydrogen-bond donors (Lipinski definition) is 2. The van der Waals surface area contributed by atoms with E-state index >= 15 is 0 Å². The molecule has 0 radical (unpaired) electrons. The number of aromatic carboxylic acids is 1. The lowest BCUT2D eigenvalue weighted by atomic mass is 9.98. The van der Waals surface area contributed by atoms with Gasteiger partial charge in [0.1, 0.15) is 6.61 Å². The van der Waals surface area contributed by atoms with Crippen LogP contribution in [0.4, 0.5) is 10.5 Å². The third-order valence-electron chi connectivity index (χ3n) is 4.90. The summed E-state index contributed by atoms with van der Waals surface area (Å²) in [6, 6.07) is 18.6. The maximum absolute atomic E-state index is 12.4. The molecule has 146 valence electrons. The van der Waals surface area contributed by atoms with Crippen molar-refractivity contribution in [1.29, 1.82) is 0 Å². The maximum atomic E-state index is 12.4. The summed E-state index contributed by atoms with van der Waals surface area (Å²) < 4.78 is 5.43. The quantitative estimate of drug-likeness (QED) is 0.530. The Labute approximate surface area is 176 Å². The lowest BCUT2D eigenvalue weighted by molar-refractivity contribution is 0.0698. The number of hydrogen-bond acceptors (Lipinski definition) is 3. The van der Waals surface area contributed by atoms with Crippen LogP contribution in [0.15, 0.2) is 60.7 Å². The van der Waals surface area contributed by atoms with Crippen LogP contribution in [0.5, 0.6) is 0 Å². The minimum absolute atomic E-state index is 0.0555. The molecular formula is C22H15Cl2NO4. The fraction of sp³-hybridized carbons (Fsp3) is 0.0909. The topological polar surface area (TPSA) is 75.6 Å². The van der Waals surface area contributed by atoms with Gasteiger partial charge in [0.25, 0.3) is 0 Å². The highest BCUT2D eigenvalue weighted by Gasteiger charge is 2.29. The summed E-state index contributed by atoms with van der Waals surface area (Å²) in [4.78, 5) is 23.8. The first-order valence-corrected chi connectivity index (χ1v) is 9.56. The molecule has 4 rings (SSSR count). The van der Waals surface area contributed by atoms with Crippen molar-refractivity contribution in [1.82, 2.24) is 0 Å². The summed E-state index contributed by atoms with van der Waals surface area (Å²) in [6.07, 6.45) is -0.807. The van der Waals surface area contributed by atoms with Crippen LogP contribution >= 0.6 is 23.2 Å². The molecule has 3 aromatic carbocycles. The molecule has 0 fully saturated rings. The van der Waals surface area contributed by atoms with Crippen molar-refractivity contribution in [2.75, 3.05) is 11.9 Å². The number of carbonyl (C=O) groups excluding carboxylic acids is 1. The Bertz CT molecular complexity index is 1080. The Morgan fingerprint density at radius 1 is 0.931 bits per heavy atom. The Hall–Kier alpha value is -3.02. The third-order valence-corrected chi connectivity index (χ3v) is 5.70. The van der Waals surface area contributed by atoms with Crippen LogP contribution in [0.3, 0.4) is 0 Å². The molecule has 1 aliphatic rings. The molecule has 1 amide bonds. The third kappa shape index (κ3) is 3.55. The molecule has 7 heteroatoms. The van der Waals surface area contributed by atoms with E-state index in [0.29, 0.717) is 0 Å². The van der Waals surface area contributed by atoms with Crippen LogP contribution in [0.2, 0.25) is 10.0 Å². The number of ether oxygens (including phenoxy) is 1. The van der Waals surface area contributed by atoms with Crippen molar-refractivity contribution in [3.63, 3.8) is 0 Å². The molecule has 29 heavy (non-hydrogen) atoms. The van der Waals surface area contributed by atoms with Gasteiger partial charge in [-0.25, -0.2) is 9.59 Å². The van der Waals surface area contributed by atoms with Gasteiger partial charge in [-0.15, -0.1) is 0 Å². The van der Waals surface area contributed by atoms with E-state index in [2.05, 4.69) is 5.32 Å². The highest BCUT2D eigenvalue weighted by atomic mass is 35.5. The van der Waals surface area contributed by atoms with E-state index in [0.717, 1.165) is 22.3 Å². The molecular weight excluding hydrogens is 413 g/mol. The minimum Gasteiger partial charge on any atom is -0.478 e. The lowest BCUT2D eigenvalue weighted by Gasteiger charge is -2.16. The molecule has 0 aliphatic heterocycles. The predicted molar refractivity (Wildman–Crippen MR) is 112 cm³/mol. The molecule has 2 N–H and O–H groups in total. The number of fused-ring (bicyclic) bond motifs is 3. The van der Waals surface area contributed by atoms with E-state index in [1.165, 1.54) is 12.1 Å². The van der Waals surface area contributed by atoms with Crippen LogP contribution in [0.1, 0.15) is 27.4 Å². The van der Waals surface area contributed by atoms with Crippen molar-refractivity contribution in [3.8, 4) is 11.1 Å². The predicted octanol–water partition coefficient (Wildman–Crippen LogP) is 6.05. The zero-order valence-corrected chi connectivity index (χ0v) is 16.5. The number of carbonyl (C=O) groups is 2. The second-order valence-electron chi connectivity index (χ2n) is 6.54. The summed E-state index contributed by atoms with van der Waals surface area (Å²) in [5.74, 6) is -1.35. The number of benzene rings is 3. The van der Waals surface area contributed by atoms with Gasteiger partial charge in [-0.2, -0.15) is 0 Å². The van der Waals surface area contributed by atoms with Gasteiger partial charge in [0.05, 0.1) is 21.3 Å². The van der Waals surface area contributed by atoms with Crippen LogP contribution in [0, 0.1) is 0 Å². The fourth-order valence-corrected chi connectivity index (χ4v) is 3.96. The van der Waals surface area contributed by atoms with Crippen LogP contribution in [0.25, 0.3) is 11.1 Å². The van der Waals surface area contributed by atoms with Gasteiger partial charge in [-0.3, -0.25) is 5.32 Å². The smallest absolute Gasteiger partial charge is 0.411 e. The van der Waals surface area contributed by atoms with Crippen LogP contribution in [-0.4, -0.2) is 23.8 Å². The molecule has 1 aliphatic carbocycles. The number of nitrogens with one attached hydrogen (secondary N) is 1. The summed E-state index contributed by atoms with van der Waals surface area (Å²) in [5, 5.41) is 11.8. The zero-order chi connectivity index (χ0) is 20.5. The largest absolute Gasteiger partial charge is 0.478 e. The number of amides is 1. The SMILES string of the molecule is O=C(Nc1c(C(=O)O)ccc(Cl)c1Cl)OCC1c2ccccc2-c2ccccc21. The average Bonchev–Trinajstić information content (AvgIpc) is 3.03. The van der Waals surface area contributed by atoms with Gasteiger partial charge < -0.3 is 9.84 Å². The first-order valence-electron chi connectivity index (χ1n) is 8.80. The van der Waals surface area contributed by atoms with Gasteiger partial charge in [-0.05, 0) is 34.4 Å². The number of rotatable bonds is 4. The van der Waals surface area contributed by atoms with Crippen molar-refractivity contribution in [2.24, 2.45) is 0 Å². The number of halogens is 2. The molecule has 0 spiro atoms. The fourth-order valence-electron chi connectivity index (χ4n) is 3.59. The minimum atomic E-state index is -1.24. The number of carboxylic acids is 1. The zero-order valence-electron chi connectivity index (χ0n) is 15.0. The Morgan fingerprint density at radius 2 is 1.52 bits per heavy atom. The van der Waals surface area contributed by atoms with Crippen molar-refractivity contribution in [2.45, 2.75) is 5.92 Å². The molecule has 0 bridgehead atoms. The van der Waals surface area contributed by atoms with Crippen molar-refractivity contribution >= 4 is 41.0 Å². The molecule has 0 saturated carbocycles. The van der Waals surface area contributed by atoms with Gasteiger partial charge >= 0.3 is 12.1 Å². The van der Waals surface area contributed by atoms with Crippen molar-refractivity contribution in [3.05, 3.63) is 87.4 Å². The van der Waals surface area contributed by atoms with Gasteiger partial charge in [-0.1, -0.05) is 71.7 Å². The molecule has 0 unspecified atom stereocenters. The van der Waals surface area contributed by atoms with Gasteiger partial charge in [0.15, 0.2) is 0 Å². The Balaban J connectivity index is 1.55. The Kier molecular flexibility index (Phi) is 5.18. The molecule has 0 atom stereocenters. The van der Waals surface area contributed by atoms with E-state index < -0.39 is 12.1 Å². The highest BCUT2D eigenvalue weighted by molar-refractivity contribution is 6.44. The molecule has 0 saturated heterocycles. The van der Waals surface area contributed by atoms with E-state index in [1.54, 1.807) is 0 Å². The monoisotopic (exact) mass is 427 g/mol.